The number of alkyl halides is 3. The van der Waals surface area contributed by atoms with Crippen LogP contribution in [0, 0.1) is 11.7 Å². The van der Waals surface area contributed by atoms with Crippen molar-refractivity contribution in [2.75, 3.05) is 4.72 Å². The van der Waals surface area contributed by atoms with Crippen molar-refractivity contribution in [3.63, 3.8) is 0 Å². The van der Waals surface area contributed by atoms with Crippen LogP contribution in [0.4, 0.5) is 23.2 Å². The molecule has 0 unspecified atom stereocenters. The first-order valence-corrected chi connectivity index (χ1v) is 9.66. The Bertz CT molecular complexity index is 975. The maximum absolute atomic E-state index is 13.0. The van der Waals surface area contributed by atoms with Crippen molar-refractivity contribution in [3.05, 3.63) is 58.9 Å². The first-order valence-electron chi connectivity index (χ1n) is 7.80. The summed E-state index contributed by atoms with van der Waals surface area (Å²) in [5, 5.41) is 4.06. The van der Waals surface area contributed by atoms with Crippen LogP contribution < -0.4 is 9.56 Å². The van der Waals surface area contributed by atoms with E-state index in [4.69, 9.17) is 16.4 Å². The van der Waals surface area contributed by atoms with E-state index in [2.05, 4.69) is 5.16 Å². The lowest BCUT2D eigenvalue weighted by Crippen LogP contribution is -2.30. The molecule has 152 valence electrons. The van der Waals surface area contributed by atoms with Crippen LogP contribution >= 0.6 is 11.6 Å². The summed E-state index contributed by atoms with van der Waals surface area (Å²) < 4.78 is 75.6. The number of hydrogen-bond donors (Lipinski definition) is 1. The third-order valence-electron chi connectivity index (χ3n) is 3.42. The van der Waals surface area contributed by atoms with E-state index in [-0.39, 0.29) is 33.7 Å². The maximum atomic E-state index is 13.0. The number of rotatable bonds is 6. The minimum Gasteiger partial charge on any atom is -0.357 e. The highest BCUT2D eigenvalue weighted by Gasteiger charge is 2.46. The Morgan fingerprint density at radius 3 is 2.29 bits per heavy atom. The molecule has 2 rings (SSSR count). The Balaban J connectivity index is 2.47. The lowest BCUT2D eigenvalue weighted by Gasteiger charge is -2.17. The highest BCUT2D eigenvalue weighted by molar-refractivity contribution is 7.93. The fraction of sp³-hybridized carbons (Fsp3) is 0.235. The van der Waals surface area contributed by atoms with E-state index in [0.29, 0.717) is 0 Å². The first-order chi connectivity index (χ1) is 12.9. The number of benzene rings is 2. The van der Waals surface area contributed by atoms with Gasteiger partial charge in [0.25, 0.3) is 0 Å². The smallest absolute Gasteiger partial charge is 0.357 e. The van der Waals surface area contributed by atoms with Gasteiger partial charge in [0, 0.05) is 10.6 Å². The van der Waals surface area contributed by atoms with Crippen molar-refractivity contribution < 1.29 is 30.8 Å². The molecular formula is C17H15ClF4N2O3S. The number of halogens is 5. The second-order valence-electron chi connectivity index (χ2n) is 5.92. The van der Waals surface area contributed by atoms with Gasteiger partial charge in [-0.2, -0.15) is 21.6 Å². The average Bonchev–Trinajstić information content (AvgIpc) is 2.57. The summed E-state index contributed by atoms with van der Waals surface area (Å²) in [5.74, 6) is -0.689. The van der Waals surface area contributed by atoms with Crippen LogP contribution in [0.2, 0.25) is 5.02 Å². The van der Waals surface area contributed by atoms with Gasteiger partial charge in [0.1, 0.15) is 5.82 Å². The largest absolute Gasteiger partial charge is 0.516 e. The van der Waals surface area contributed by atoms with Crippen molar-refractivity contribution in [3.8, 4) is 5.75 Å². The predicted octanol–water partition coefficient (Wildman–Crippen LogP) is 5.18. The fourth-order valence-corrected chi connectivity index (χ4v) is 2.84. The molecular weight excluding hydrogens is 424 g/mol. The summed E-state index contributed by atoms with van der Waals surface area (Å²) in [7, 11) is -5.65. The molecule has 0 saturated carbocycles. The van der Waals surface area contributed by atoms with Gasteiger partial charge in [0.05, 0.1) is 11.4 Å². The Kier molecular flexibility index (Phi) is 6.56. The van der Waals surface area contributed by atoms with E-state index < -0.39 is 21.3 Å². The van der Waals surface area contributed by atoms with E-state index in [1.807, 2.05) is 0 Å². The summed E-state index contributed by atoms with van der Waals surface area (Å²) in [4.78, 5) is 5.21. The minimum atomic E-state index is -5.65. The van der Waals surface area contributed by atoms with Crippen LogP contribution in [-0.4, -0.2) is 19.6 Å². The molecule has 0 aliphatic rings. The molecule has 0 aliphatic heterocycles. The van der Waals surface area contributed by atoms with Crippen LogP contribution in [0.25, 0.3) is 0 Å². The van der Waals surface area contributed by atoms with Crippen LogP contribution in [0.1, 0.15) is 19.4 Å². The van der Waals surface area contributed by atoms with E-state index in [9.17, 15) is 26.0 Å². The standard InChI is InChI=1S/C17H15ClF4N2O3S/c1-10(2)16(23-27-13-6-4-12(19)5-7-13)14-9-11(18)3-8-15(14)24-28(25,26)17(20,21)22/h3-10,24H,1-2H3/b23-16+. The number of nitrogens with one attached hydrogen (secondary N) is 1. The summed E-state index contributed by atoms with van der Waals surface area (Å²) in [5.41, 5.74) is -5.72. The Labute approximate surface area is 164 Å². The molecule has 2 aromatic carbocycles. The zero-order chi connectivity index (χ0) is 21.1. The normalized spacial score (nSPS) is 12.9. The monoisotopic (exact) mass is 438 g/mol. The lowest BCUT2D eigenvalue weighted by atomic mass is 9.99. The highest BCUT2D eigenvalue weighted by Crippen LogP contribution is 2.30. The number of nitrogens with zero attached hydrogens (tertiary/aromatic N) is 1. The average molecular weight is 439 g/mol. The topological polar surface area (TPSA) is 67.8 Å². The molecule has 0 atom stereocenters. The van der Waals surface area contributed by atoms with Crippen LogP contribution in [0.3, 0.4) is 0 Å². The molecule has 0 bridgehead atoms. The molecule has 0 radical (unpaired) electrons. The molecule has 0 aromatic heterocycles. The van der Waals surface area contributed by atoms with Crippen molar-refractivity contribution in [2.24, 2.45) is 11.1 Å². The van der Waals surface area contributed by atoms with Crippen LogP contribution in [0.15, 0.2) is 47.6 Å². The van der Waals surface area contributed by atoms with Gasteiger partial charge in [-0.1, -0.05) is 30.6 Å². The quantitative estimate of drug-likeness (QED) is 0.384. The molecule has 28 heavy (non-hydrogen) atoms. The van der Waals surface area contributed by atoms with Crippen LogP contribution in [-0.2, 0) is 10.0 Å². The Morgan fingerprint density at radius 2 is 1.75 bits per heavy atom. The molecule has 0 aliphatic carbocycles. The minimum absolute atomic E-state index is 0.0115. The van der Waals surface area contributed by atoms with Gasteiger partial charge in [-0.3, -0.25) is 4.72 Å². The third-order valence-corrected chi connectivity index (χ3v) is 4.75. The summed E-state index contributed by atoms with van der Waals surface area (Å²) in [6, 6.07) is 8.49. The summed E-state index contributed by atoms with van der Waals surface area (Å²) >= 11 is 5.92. The molecule has 0 amide bonds. The van der Waals surface area contributed by atoms with Crippen molar-refractivity contribution >= 4 is 33.0 Å². The molecule has 2 aromatic rings. The van der Waals surface area contributed by atoms with Gasteiger partial charge in [-0.05, 0) is 48.4 Å². The third kappa shape index (κ3) is 5.35. The van der Waals surface area contributed by atoms with Crippen molar-refractivity contribution in [1.82, 2.24) is 0 Å². The maximum Gasteiger partial charge on any atom is 0.516 e. The molecule has 0 saturated heterocycles. The van der Waals surface area contributed by atoms with Gasteiger partial charge in [0.2, 0.25) is 0 Å². The second kappa shape index (κ2) is 8.36. The van der Waals surface area contributed by atoms with Gasteiger partial charge in [-0.15, -0.1) is 0 Å². The van der Waals surface area contributed by atoms with Crippen molar-refractivity contribution in [2.45, 2.75) is 19.4 Å². The van der Waals surface area contributed by atoms with Gasteiger partial charge in [-0.25, -0.2) is 4.39 Å². The lowest BCUT2D eigenvalue weighted by molar-refractivity contribution is -0.0429. The highest BCUT2D eigenvalue weighted by atomic mass is 35.5. The van der Waals surface area contributed by atoms with Gasteiger partial charge in [0.15, 0.2) is 5.75 Å². The van der Waals surface area contributed by atoms with Gasteiger partial charge < -0.3 is 4.84 Å². The van der Waals surface area contributed by atoms with E-state index in [0.717, 1.165) is 18.2 Å². The fourth-order valence-electron chi connectivity index (χ4n) is 2.08. The molecule has 0 heterocycles. The predicted molar refractivity (Wildman–Crippen MR) is 98.5 cm³/mol. The zero-order valence-electron chi connectivity index (χ0n) is 14.6. The van der Waals surface area contributed by atoms with Crippen molar-refractivity contribution in [1.29, 1.82) is 0 Å². The zero-order valence-corrected chi connectivity index (χ0v) is 16.2. The molecule has 0 spiro atoms. The van der Waals surface area contributed by atoms with E-state index in [1.54, 1.807) is 13.8 Å². The SMILES string of the molecule is CC(C)/C(=N\Oc1ccc(F)cc1)c1cc(Cl)ccc1NS(=O)(=O)C(F)(F)F. The first kappa shape index (κ1) is 22.0. The molecule has 5 nitrogen and oxygen atoms in total. The summed E-state index contributed by atoms with van der Waals surface area (Å²) in [6.45, 7) is 3.35. The van der Waals surface area contributed by atoms with Crippen LogP contribution in [0.5, 0.6) is 5.75 Å². The van der Waals surface area contributed by atoms with Gasteiger partial charge >= 0.3 is 15.5 Å². The molecule has 11 heteroatoms. The number of oxime groups is 1. The van der Waals surface area contributed by atoms with E-state index >= 15 is 0 Å². The number of sulfonamides is 1. The molecule has 0 fully saturated rings. The Morgan fingerprint density at radius 1 is 1.14 bits per heavy atom. The second-order valence-corrected chi connectivity index (χ2v) is 8.03. The number of hydrogen-bond acceptors (Lipinski definition) is 4. The Hall–Kier alpha value is -2.33. The molecule has 1 N–H and O–H groups in total. The number of anilines is 1. The summed E-state index contributed by atoms with van der Waals surface area (Å²) in [6.07, 6.45) is 0. The van der Waals surface area contributed by atoms with E-state index in [1.165, 1.54) is 29.0 Å².